The first-order valence-corrected chi connectivity index (χ1v) is 9.56. The van der Waals surface area contributed by atoms with E-state index < -0.39 is 5.76 Å². The number of nitrogens with zero attached hydrogens (tertiary/aromatic N) is 2. The molecule has 2 heterocycles. The predicted octanol–water partition coefficient (Wildman–Crippen LogP) is 5.34. The van der Waals surface area contributed by atoms with E-state index in [1.807, 2.05) is 17.5 Å². The van der Waals surface area contributed by atoms with E-state index in [-0.39, 0.29) is 34.4 Å². The Bertz CT molecular complexity index is 888. The van der Waals surface area contributed by atoms with Crippen LogP contribution >= 0.6 is 34.7 Å². The molecule has 1 amide bonds. The van der Waals surface area contributed by atoms with Crippen molar-refractivity contribution < 1.29 is 18.1 Å². The molecule has 0 atom stereocenters. The fraction of sp³-hybridized carbons (Fsp3) is 0.188. The summed E-state index contributed by atoms with van der Waals surface area (Å²) in [7, 11) is 0. The standard InChI is InChI=1S/C16H12ClF2N3O2S2/c17-9-3-1-4-10(14(9)26-16(18)19)20-12(23)6-7-13-21-15(22-24-13)11-5-2-8-25-11/h1-5,8,16H,6-7H2,(H,20,23). The van der Waals surface area contributed by atoms with E-state index in [4.69, 9.17) is 16.1 Å². The quantitative estimate of drug-likeness (QED) is 0.527. The summed E-state index contributed by atoms with van der Waals surface area (Å²) in [6.45, 7) is 0. The molecule has 10 heteroatoms. The van der Waals surface area contributed by atoms with Gasteiger partial charge in [0.05, 0.1) is 20.5 Å². The van der Waals surface area contributed by atoms with Crippen LogP contribution in [-0.2, 0) is 11.2 Å². The number of thiophene rings is 1. The first-order chi connectivity index (χ1) is 12.5. The van der Waals surface area contributed by atoms with Gasteiger partial charge in [0.2, 0.25) is 17.6 Å². The summed E-state index contributed by atoms with van der Waals surface area (Å²) in [6.07, 6.45) is 0.305. The molecule has 0 fully saturated rings. The fourth-order valence-corrected chi connectivity index (χ4v) is 3.67. The third-order valence-corrected chi connectivity index (χ3v) is 5.37. The van der Waals surface area contributed by atoms with Crippen LogP contribution in [0.15, 0.2) is 45.1 Å². The minimum absolute atomic E-state index is 0.0668. The maximum atomic E-state index is 12.7. The maximum Gasteiger partial charge on any atom is 0.289 e. The molecular weight excluding hydrogens is 404 g/mol. The van der Waals surface area contributed by atoms with Gasteiger partial charge in [0.25, 0.3) is 5.76 Å². The Morgan fingerprint density at radius 1 is 1.35 bits per heavy atom. The highest BCUT2D eigenvalue weighted by Crippen LogP contribution is 2.37. The number of hydrogen-bond acceptors (Lipinski definition) is 6. The van der Waals surface area contributed by atoms with Gasteiger partial charge in [-0.1, -0.05) is 40.7 Å². The van der Waals surface area contributed by atoms with Crippen LogP contribution in [0.4, 0.5) is 14.5 Å². The van der Waals surface area contributed by atoms with Gasteiger partial charge in [-0.25, -0.2) is 0 Å². The van der Waals surface area contributed by atoms with Crippen LogP contribution in [0, 0.1) is 0 Å². The summed E-state index contributed by atoms with van der Waals surface area (Å²) < 4.78 is 30.5. The molecular formula is C16H12ClF2N3O2S2. The van der Waals surface area contributed by atoms with E-state index >= 15 is 0 Å². The molecule has 2 aromatic heterocycles. The van der Waals surface area contributed by atoms with Gasteiger partial charge in [0.15, 0.2) is 0 Å². The number of aromatic nitrogens is 2. The van der Waals surface area contributed by atoms with E-state index in [1.54, 1.807) is 6.07 Å². The molecule has 0 spiro atoms. The maximum absolute atomic E-state index is 12.7. The lowest BCUT2D eigenvalue weighted by molar-refractivity contribution is -0.116. The van der Waals surface area contributed by atoms with Crippen molar-refractivity contribution in [1.82, 2.24) is 10.1 Å². The Labute approximate surface area is 160 Å². The third-order valence-electron chi connectivity index (χ3n) is 3.22. The highest BCUT2D eigenvalue weighted by atomic mass is 35.5. The average Bonchev–Trinajstić information content (AvgIpc) is 3.26. The van der Waals surface area contributed by atoms with E-state index in [0.717, 1.165) is 4.88 Å². The number of benzene rings is 1. The van der Waals surface area contributed by atoms with Gasteiger partial charge in [-0.15, -0.1) is 11.3 Å². The lowest BCUT2D eigenvalue weighted by Crippen LogP contribution is -2.13. The van der Waals surface area contributed by atoms with E-state index in [2.05, 4.69) is 15.5 Å². The molecule has 3 aromatic rings. The van der Waals surface area contributed by atoms with Gasteiger partial charge in [0, 0.05) is 12.8 Å². The van der Waals surface area contributed by atoms with Crippen molar-refractivity contribution in [3.8, 4) is 10.7 Å². The van der Waals surface area contributed by atoms with E-state index in [1.165, 1.54) is 23.5 Å². The normalized spacial score (nSPS) is 11.1. The largest absolute Gasteiger partial charge is 0.339 e. The second-order valence-corrected chi connectivity index (χ2v) is 7.39. The summed E-state index contributed by atoms with van der Waals surface area (Å²) >= 11 is 7.72. The fourth-order valence-electron chi connectivity index (χ4n) is 2.11. The molecule has 0 radical (unpaired) electrons. The van der Waals surface area contributed by atoms with Gasteiger partial charge in [-0.3, -0.25) is 4.79 Å². The van der Waals surface area contributed by atoms with Gasteiger partial charge >= 0.3 is 0 Å². The molecule has 0 aliphatic heterocycles. The van der Waals surface area contributed by atoms with Crippen LogP contribution in [0.2, 0.25) is 5.02 Å². The molecule has 0 saturated carbocycles. The molecule has 0 aliphatic rings. The number of carbonyl (C=O) groups excluding carboxylic acids is 1. The smallest absolute Gasteiger partial charge is 0.289 e. The van der Waals surface area contributed by atoms with Crippen molar-refractivity contribution in [2.45, 2.75) is 23.5 Å². The Balaban J connectivity index is 1.61. The Morgan fingerprint density at radius 3 is 2.92 bits per heavy atom. The van der Waals surface area contributed by atoms with E-state index in [9.17, 15) is 13.6 Å². The minimum Gasteiger partial charge on any atom is -0.339 e. The number of thioether (sulfide) groups is 1. The summed E-state index contributed by atoms with van der Waals surface area (Å²) in [4.78, 5) is 17.4. The predicted molar refractivity (Wildman–Crippen MR) is 97.9 cm³/mol. The number of anilines is 1. The monoisotopic (exact) mass is 415 g/mol. The first-order valence-electron chi connectivity index (χ1n) is 7.42. The lowest BCUT2D eigenvalue weighted by atomic mass is 10.2. The van der Waals surface area contributed by atoms with Gasteiger partial charge < -0.3 is 9.84 Å². The number of hydrogen-bond donors (Lipinski definition) is 1. The van der Waals surface area contributed by atoms with Crippen molar-refractivity contribution in [3.05, 3.63) is 46.6 Å². The zero-order valence-electron chi connectivity index (χ0n) is 13.1. The molecule has 26 heavy (non-hydrogen) atoms. The summed E-state index contributed by atoms with van der Waals surface area (Å²) in [5.74, 6) is -2.20. The highest BCUT2D eigenvalue weighted by Gasteiger charge is 2.16. The molecule has 5 nitrogen and oxygen atoms in total. The molecule has 0 aliphatic carbocycles. The average molecular weight is 416 g/mol. The Morgan fingerprint density at radius 2 is 2.19 bits per heavy atom. The molecule has 1 aromatic carbocycles. The topological polar surface area (TPSA) is 68.0 Å². The van der Waals surface area contributed by atoms with Crippen molar-refractivity contribution in [3.63, 3.8) is 0 Å². The molecule has 1 N–H and O–H groups in total. The van der Waals surface area contributed by atoms with Crippen LogP contribution in [0.3, 0.4) is 0 Å². The van der Waals surface area contributed by atoms with Gasteiger partial charge in [-0.05, 0) is 23.6 Å². The van der Waals surface area contributed by atoms with Crippen molar-refractivity contribution in [1.29, 1.82) is 0 Å². The number of carbonyl (C=O) groups is 1. The van der Waals surface area contributed by atoms with Crippen LogP contribution in [0.1, 0.15) is 12.3 Å². The van der Waals surface area contributed by atoms with Crippen LogP contribution in [-0.4, -0.2) is 21.8 Å². The zero-order valence-corrected chi connectivity index (χ0v) is 15.5. The molecule has 0 unspecified atom stereocenters. The van der Waals surface area contributed by atoms with Crippen LogP contribution in [0.25, 0.3) is 10.7 Å². The van der Waals surface area contributed by atoms with E-state index in [0.29, 0.717) is 23.5 Å². The van der Waals surface area contributed by atoms with Crippen LogP contribution < -0.4 is 5.32 Å². The summed E-state index contributed by atoms with van der Waals surface area (Å²) in [5.41, 5.74) is 0.248. The first kappa shape index (κ1) is 18.8. The molecule has 0 bridgehead atoms. The number of nitrogens with one attached hydrogen (secondary N) is 1. The summed E-state index contributed by atoms with van der Waals surface area (Å²) in [6, 6.07) is 8.35. The Hall–Kier alpha value is -1.97. The number of halogens is 3. The third kappa shape index (κ3) is 4.80. The number of amides is 1. The number of rotatable bonds is 7. The molecule has 3 rings (SSSR count). The molecule has 136 valence electrons. The zero-order chi connectivity index (χ0) is 18.5. The second kappa shape index (κ2) is 8.61. The van der Waals surface area contributed by atoms with Gasteiger partial charge in [-0.2, -0.15) is 13.8 Å². The van der Waals surface area contributed by atoms with Crippen LogP contribution in [0.5, 0.6) is 0 Å². The minimum atomic E-state index is -2.64. The number of alkyl halides is 2. The van der Waals surface area contributed by atoms with Crippen molar-refractivity contribution in [2.75, 3.05) is 5.32 Å². The lowest BCUT2D eigenvalue weighted by Gasteiger charge is -2.11. The highest BCUT2D eigenvalue weighted by molar-refractivity contribution is 7.99. The second-order valence-electron chi connectivity index (χ2n) is 5.03. The molecule has 0 saturated heterocycles. The number of aryl methyl sites for hydroxylation is 1. The van der Waals surface area contributed by atoms with Crippen molar-refractivity contribution >= 4 is 46.3 Å². The van der Waals surface area contributed by atoms with Gasteiger partial charge in [0.1, 0.15) is 0 Å². The SMILES string of the molecule is O=C(CCc1nc(-c2cccs2)no1)Nc1cccc(Cl)c1SC(F)F. The Kier molecular flexibility index (Phi) is 6.23. The van der Waals surface area contributed by atoms with Crippen molar-refractivity contribution in [2.24, 2.45) is 0 Å². The summed E-state index contributed by atoms with van der Waals surface area (Å²) in [5, 5.41) is 8.52.